The number of nitrogens with one attached hydrogen (secondary N) is 3. The number of hydrogen-bond acceptors (Lipinski definition) is 7. The normalized spacial score (nSPS) is 16.9. The number of carbonyl (C=O) groups is 1. The number of piperazine rings is 1. The Morgan fingerprint density at radius 3 is 2.66 bits per heavy atom. The number of amides is 2. The van der Waals surface area contributed by atoms with Gasteiger partial charge in [0.15, 0.2) is 18.1 Å². The van der Waals surface area contributed by atoms with Gasteiger partial charge in [-0.2, -0.15) is 10.2 Å². The lowest BCUT2D eigenvalue weighted by atomic mass is 9.99. The first-order valence-corrected chi connectivity index (χ1v) is 10.5. The standard InChI is InChI=1S/C23H27N7O2/c1-16-8-4-5-9-17(16)26-20(25-15-24)30-13-12-29(14-23(30,2)3)22(31)28-21-27-18-10-6-7-11-19(18)32-21/h4-11,20,25-26H,12-14H2,1-3H3,(H,27,28,31). The van der Waals surface area contributed by atoms with Crippen LogP contribution in [0.25, 0.3) is 11.1 Å². The molecular weight excluding hydrogens is 406 g/mol. The second kappa shape index (κ2) is 8.77. The number of fused-ring (bicyclic) bond motifs is 1. The van der Waals surface area contributed by atoms with Gasteiger partial charge < -0.3 is 14.6 Å². The van der Waals surface area contributed by atoms with E-state index in [0.29, 0.717) is 30.7 Å². The molecule has 2 amide bonds. The Morgan fingerprint density at radius 1 is 1.19 bits per heavy atom. The topological polar surface area (TPSA) is 109 Å². The molecule has 4 rings (SSSR count). The van der Waals surface area contributed by atoms with Gasteiger partial charge in [0.2, 0.25) is 0 Å². The molecule has 0 spiro atoms. The zero-order valence-electron chi connectivity index (χ0n) is 18.4. The number of hydrogen-bond donors (Lipinski definition) is 3. The highest BCUT2D eigenvalue weighted by Crippen LogP contribution is 2.26. The molecule has 1 aliphatic heterocycles. The van der Waals surface area contributed by atoms with Crippen LogP contribution in [0.2, 0.25) is 0 Å². The maximum atomic E-state index is 12.9. The van der Waals surface area contributed by atoms with Gasteiger partial charge in [-0.3, -0.25) is 15.5 Å². The summed E-state index contributed by atoms with van der Waals surface area (Å²) in [4.78, 5) is 21.1. The van der Waals surface area contributed by atoms with Crippen molar-refractivity contribution in [2.75, 3.05) is 30.3 Å². The highest BCUT2D eigenvalue weighted by atomic mass is 16.4. The fraction of sp³-hybridized carbons (Fsp3) is 0.348. The predicted molar refractivity (Wildman–Crippen MR) is 123 cm³/mol. The van der Waals surface area contributed by atoms with E-state index in [1.54, 1.807) is 4.90 Å². The summed E-state index contributed by atoms with van der Waals surface area (Å²) in [6.07, 6.45) is 1.65. The van der Waals surface area contributed by atoms with Crippen molar-refractivity contribution in [2.24, 2.45) is 0 Å². The number of nitriles is 1. The zero-order chi connectivity index (χ0) is 22.7. The fourth-order valence-corrected chi connectivity index (χ4v) is 4.05. The van der Waals surface area contributed by atoms with Crippen molar-refractivity contribution in [3.63, 3.8) is 0 Å². The first-order valence-electron chi connectivity index (χ1n) is 10.5. The summed E-state index contributed by atoms with van der Waals surface area (Å²) in [5.74, 6) is 0. The lowest BCUT2D eigenvalue weighted by Gasteiger charge is -2.49. The van der Waals surface area contributed by atoms with Crippen LogP contribution in [0.3, 0.4) is 0 Å². The molecule has 0 bridgehead atoms. The quantitative estimate of drug-likeness (QED) is 0.321. The van der Waals surface area contributed by atoms with Gasteiger partial charge >= 0.3 is 12.0 Å². The van der Waals surface area contributed by atoms with Gasteiger partial charge in [-0.05, 0) is 44.5 Å². The van der Waals surface area contributed by atoms with Gasteiger partial charge in [0, 0.05) is 30.9 Å². The van der Waals surface area contributed by atoms with Crippen molar-refractivity contribution in [3.05, 3.63) is 54.1 Å². The Morgan fingerprint density at radius 2 is 1.94 bits per heavy atom. The zero-order valence-corrected chi connectivity index (χ0v) is 18.4. The molecule has 1 atom stereocenters. The first kappa shape index (κ1) is 21.5. The Labute approximate surface area is 187 Å². The first-order chi connectivity index (χ1) is 15.4. The van der Waals surface area contributed by atoms with Crippen LogP contribution in [-0.2, 0) is 0 Å². The Hall–Kier alpha value is -3.77. The van der Waals surface area contributed by atoms with E-state index >= 15 is 0 Å². The molecule has 1 unspecified atom stereocenters. The monoisotopic (exact) mass is 433 g/mol. The number of benzene rings is 2. The molecule has 3 N–H and O–H groups in total. The van der Waals surface area contributed by atoms with Crippen molar-refractivity contribution >= 4 is 28.8 Å². The van der Waals surface area contributed by atoms with Crippen molar-refractivity contribution < 1.29 is 9.21 Å². The summed E-state index contributed by atoms with van der Waals surface area (Å²) in [5.41, 5.74) is 2.96. The van der Waals surface area contributed by atoms with Crippen LogP contribution >= 0.6 is 0 Å². The van der Waals surface area contributed by atoms with Gasteiger partial charge in [0.05, 0.1) is 0 Å². The smallest absolute Gasteiger partial charge is 0.325 e. The van der Waals surface area contributed by atoms with E-state index in [-0.39, 0.29) is 12.0 Å². The summed E-state index contributed by atoms with van der Waals surface area (Å²) in [6, 6.07) is 15.2. The number of oxazole rings is 1. The maximum Gasteiger partial charge on any atom is 0.325 e. The highest BCUT2D eigenvalue weighted by molar-refractivity contribution is 5.88. The predicted octanol–water partition coefficient (Wildman–Crippen LogP) is 3.53. The third-order valence-electron chi connectivity index (χ3n) is 5.71. The molecule has 9 heteroatoms. The van der Waals surface area contributed by atoms with Gasteiger partial charge in [-0.25, -0.2) is 4.79 Å². The average molecular weight is 434 g/mol. The number of carbonyl (C=O) groups excluding carboxylic acids is 1. The number of rotatable bonds is 5. The van der Waals surface area contributed by atoms with E-state index in [1.807, 2.05) is 55.5 Å². The van der Waals surface area contributed by atoms with E-state index in [0.717, 1.165) is 11.3 Å². The fourth-order valence-electron chi connectivity index (χ4n) is 4.05. The number of aryl methyl sites for hydroxylation is 1. The average Bonchev–Trinajstić information content (AvgIpc) is 3.16. The van der Waals surface area contributed by atoms with E-state index in [2.05, 4.69) is 45.9 Å². The Kier molecular flexibility index (Phi) is 5.88. The summed E-state index contributed by atoms with van der Waals surface area (Å²) < 4.78 is 5.61. The van der Waals surface area contributed by atoms with Crippen LogP contribution in [-0.4, -0.2) is 52.3 Å². The van der Waals surface area contributed by atoms with E-state index in [9.17, 15) is 10.1 Å². The second-order valence-corrected chi connectivity index (χ2v) is 8.46. The lowest BCUT2D eigenvalue weighted by Crippen LogP contribution is -2.67. The van der Waals surface area contributed by atoms with Crippen molar-refractivity contribution in [1.82, 2.24) is 20.1 Å². The van der Waals surface area contributed by atoms with Gasteiger partial charge in [0.1, 0.15) is 5.52 Å². The number of anilines is 2. The highest BCUT2D eigenvalue weighted by Gasteiger charge is 2.39. The largest absolute Gasteiger partial charge is 0.423 e. The van der Waals surface area contributed by atoms with Crippen LogP contribution in [0.5, 0.6) is 0 Å². The summed E-state index contributed by atoms with van der Waals surface area (Å²) in [6.45, 7) is 7.67. The van der Waals surface area contributed by atoms with E-state index in [1.165, 1.54) is 0 Å². The minimum atomic E-state index is -0.404. The van der Waals surface area contributed by atoms with Crippen LogP contribution in [0.4, 0.5) is 16.5 Å². The van der Waals surface area contributed by atoms with Crippen LogP contribution in [0.15, 0.2) is 52.9 Å². The molecule has 1 aliphatic rings. The number of aromatic nitrogens is 1. The Balaban J connectivity index is 1.45. The summed E-state index contributed by atoms with van der Waals surface area (Å²) >= 11 is 0. The van der Waals surface area contributed by atoms with Crippen LogP contribution in [0.1, 0.15) is 19.4 Å². The molecule has 1 saturated heterocycles. The molecule has 0 aliphatic carbocycles. The van der Waals surface area contributed by atoms with Gasteiger partial charge in [-0.15, -0.1) is 0 Å². The molecular formula is C23H27N7O2. The second-order valence-electron chi connectivity index (χ2n) is 8.46. The minimum Gasteiger partial charge on any atom is -0.423 e. The molecule has 2 aromatic carbocycles. The van der Waals surface area contributed by atoms with Crippen molar-refractivity contribution in [3.8, 4) is 6.19 Å². The SMILES string of the molecule is Cc1ccccc1NC(NC#N)N1CCN(C(=O)Nc2nc3ccccc3o2)CC1(C)C. The van der Waals surface area contributed by atoms with Crippen molar-refractivity contribution in [2.45, 2.75) is 32.6 Å². The third-order valence-corrected chi connectivity index (χ3v) is 5.71. The molecule has 2 heterocycles. The third kappa shape index (κ3) is 4.45. The maximum absolute atomic E-state index is 12.9. The molecule has 3 aromatic rings. The number of nitrogens with zero attached hydrogens (tertiary/aromatic N) is 4. The van der Waals surface area contributed by atoms with E-state index in [4.69, 9.17) is 4.42 Å². The Bertz CT molecular complexity index is 1120. The molecule has 1 fully saturated rings. The number of urea groups is 1. The summed E-state index contributed by atoms with van der Waals surface area (Å²) in [7, 11) is 0. The van der Waals surface area contributed by atoms with Gasteiger partial charge in [0.25, 0.3) is 0 Å². The van der Waals surface area contributed by atoms with Crippen LogP contribution < -0.4 is 16.0 Å². The molecule has 32 heavy (non-hydrogen) atoms. The van der Waals surface area contributed by atoms with E-state index < -0.39 is 11.8 Å². The van der Waals surface area contributed by atoms with Gasteiger partial charge in [-0.1, -0.05) is 30.3 Å². The lowest BCUT2D eigenvalue weighted by molar-refractivity contribution is 0.00761. The van der Waals surface area contributed by atoms with Crippen LogP contribution in [0, 0.1) is 18.4 Å². The molecule has 0 saturated carbocycles. The summed E-state index contributed by atoms with van der Waals surface area (Å²) in [5, 5.41) is 18.4. The van der Waals surface area contributed by atoms with Crippen molar-refractivity contribution in [1.29, 1.82) is 5.26 Å². The molecule has 0 radical (unpaired) electrons. The molecule has 9 nitrogen and oxygen atoms in total. The molecule has 1 aromatic heterocycles. The minimum absolute atomic E-state index is 0.182. The number of para-hydroxylation sites is 3. The molecule has 166 valence electrons.